The number of carbonyl (C=O) groups is 1. The van der Waals surface area contributed by atoms with E-state index in [1.165, 1.54) is 12.8 Å². The van der Waals surface area contributed by atoms with Crippen molar-refractivity contribution in [3.63, 3.8) is 0 Å². The molecule has 80 valence electrons. The van der Waals surface area contributed by atoms with Crippen LogP contribution in [-0.4, -0.2) is 28.0 Å². The number of aliphatic carboxylic acids is 1. The second-order valence-electron chi connectivity index (χ2n) is 4.21. The maximum absolute atomic E-state index is 10.4. The van der Waals surface area contributed by atoms with E-state index in [0.29, 0.717) is 5.92 Å². The average molecular weight is 199 g/mol. The minimum absolute atomic E-state index is 0.126. The Hall–Kier alpha value is -0.900. The average Bonchev–Trinajstić information content (AvgIpc) is 2.87. The summed E-state index contributed by atoms with van der Waals surface area (Å²) in [6, 6.07) is 0. The molecule has 0 aliphatic heterocycles. The summed E-state index contributed by atoms with van der Waals surface area (Å²) in [4.78, 5) is 10.4. The molecule has 0 heterocycles. The number of aliphatic hydroxyl groups is 1. The van der Waals surface area contributed by atoms with Crippen LogP contribution in [0, 0.1) is 17.2 Å². The van der Waals surface area contributed by atoms with E-state index in [2.05, 4.69) is 0 Å². The smallest absolute Gasteiger partial charge is 0.349 e. The molecule has 0 spiro atoms. The molecule has 0 aromatic carbocycles. The first-order valence-electron chi connectivity index (χ1n) is 4.99. The minimum Gasteiger partial charge on any atom is -0.477 e. The Balaban J connectivity index is 2.28. The lowest BCUT2D eigenvalue weighted by Crippen LogP contribution is -2.24. The predicted octanol–water partition coefficient (Wildman–Crippen LogP) is 1.28. The highest BCUT2D eigenvalue weighted by Crippen LogP contribution is 2.35. The van der Waals surface area contributed by atoms with Crippen molar-refractivity contribution in [3.05, 3.63) is 0 Å². The zero-order chi connectivity index (χ0) is 10.7. The first-order chi connectivity index (χ1) is 6.50. The van der Waals surface area contributed by atoms with Gasteiger partial charge in [0.25, 0.3) is 0 Å². The van der Waals surface area contributed by atoms with E-state index in [-0.39, 0.29) is 18.1 Å². The van der Waals surface area contributed by atoms with E-state index < -0.39 is 12.1 Å². The fourth-order valence-corrected chi connectivity index (χ4v) is 1.47. The quantitative estimate of drug-likeness (QED) is 0.563. The Bertz CT molecular complexity index is 236. The van der Waals surface area contributed by atoms with Crippen LogP contribution in [-0.2, 0) is 4.79 Å². The summed E-state index contributed by atoms with van der Waals surface area (Å²) in [6.07, 6.45) is 2.82. The summed E-state index contributed by atoms with van der Waals surface area (Å²) in [5.41, 5.74) is -0.313. The standard InChI is InChI=1S/C10H17NO3/c1-6(4-8(11)10(13)14)9(12)5-7-2-3-7/h6-7,9,11-12H,2-5H2,1H3,(H,13,14)/t6-,9?/m0/s1. The van der Waals surface area contributed by atoms with Crippen molar-refractivity contribution in [3.8, 4) is 0 Å². The second-order valence-corrected chi connectivity index (χ2v) is 4.21. The Kier molecular flexibility index (Phi) is 3.63. The zero-order valence-corrected chi connectivity index (χ0v) is 8.36. The maximum atomic E-state index is 10.4. The second kappa shape index (κ2) is 4.55. The minimum atomic E-state index is -1.18. The summed E-state index contributed by atoms with van der Waals surface area (Å²) in [5, 5.41) is 25.3. The summed E-state index contributed by atoms with van der Waals surface area (Å²) >= 11 is 0. The van der Waals surface area contributed by atoms with Gasteiger partial charge in [-0.3, -0.25) is 5.41 Å². The van der Waals surface area contributed by atoms with Crippen LogP contribution < -0.4 is 0 Å². The fourth-order valence-electron chi connectivity index (χ4n) is 1.47. The van der Waals surface area contributed by atoms with Gasteiger partial charge >= 0.3 is 5.97 Å². The lowest BCUT2D eigenvalue weighted by atomic mass is 9.94. The van der Waals surface area contributed by atoms with E-state index in [4.69, 9.17) is 10.5 Å². The molecule has 2 atom stereocenters. The molecule has 0 bridgehead atoms. The van der Waals surface area contributed by atoms with Gasteiger partial charge in [0.2, 0.25) is 0 Å². The Morgan fingerprint density at radius 2 is 2.14 bits per heavy atom. The van der Waals surface area contributed by atoms with E-state index in [1.54, 1.807) is 6.92 Å². The van der Waals surface area contributed by atoms with Crippen LogP contribution in [0.15, 0.2) is 0 Å². The van der Waals surface area contributed by atoms with Gasteiger partial charge in [-0.2, -0.15) is 0 Å². The van der Waals surface area contributed by atoms with Crippen molar-refractivity contribution in [2.24, 2.45) is 11.8 Å². The topological polar surface area (TPSA) is 81.4 Å². The van der Waals surface area contributed by atoms with Crippen LogP contribution in [0.4, 0.5) is 0 Å². The first-order valence-corrected chi connectivity index (χ1v) is 4.99. The zero-order valence-electron chi connectivity index (χ0n) is 8.36. The molecule has 4 heteroatoms. The lowest BCUT2D eigenvalue weighted by Gasteiger charge is -2.17. The number of carboxylic acids is 1. The van der Waals surface area contributed by atoms with E-state index in [9.17, 15) is 9.90 Å². The van der Waals surface area contributed by atoms with Crippen LogP contribution in [0.1, 0.15) is 32.6 Å². The van der Waals surface area contributed by atoms with Gasteiger partial charge in [0, 0.05) is 6.42 Å². The maximum Gasteiger partial charge on any atom is 0.349 e. The Morgan fingerprint density at radius 1 is 1.57 bits per heavy atom. The van der Waals surface area contributed by atoms with Gasteiger partial charge in [-0.15, -0.1) is 0 Å². The van der Waals surface area contributed by atoms with Crippen molar-refractivity contribution in [1.29, 1.82) is 5.41 Å². The molecular weight excluding hydrogens is 182 g/mol. The van der Waals surface area contributed by atoms with Gasteiger partial charge in [-0.1, -0.05) is 19.8 Å². The molecule has 0 amide bonds. The Labute approximate surface area is 83.5 Å². The van der Waals surface area contributed by atoms with Gasteiger partial charge in [0.1, 0.15) is 5.71 Å². The largest absolute Gasteiger partial charge is 0.477 e. The summed E-state index contributed by atoms with van der Waals surface area (Å²) in [5.74, 6) is -0.680. The van der Waals surface area contributed by atoms with Gasteiger partial charge < -0.3 is 10.2 Å². The summed E-state index contributed by atoms with van der Waals surface area (Å²) in [6.45, 7) is 1.80. The molecule has 1 aliphatic rings. The van der Waals surface area contributed by atoms with Crippen molar-refractivity contribution < 1.29 is 15.0 Å². The molecule has 0 aromatic rings. The molecule has 3 N–H and O–H groups in total. The van der Waals surface area contributed by atoms with Gasteiger partial charge in [0.15, 0.2) is 0 Å². The third-order valence-corrected chi connectivity index (χ3v) is 2.71. The molecule has 1 fully saturated rings. The third-order valence-electron chi connectivity index (χ3n) is 2.71. The van der Waals surface area contributed by atoms with Crippen LogP contribution in [0.5, 0.6) is 0 Å². The number of aliphatic hydroxyl groups excluding tert-OH is 1. The van der Waals surface area contributed by atoms with Gasteiger partial charge in [0.05, 0.1) is 6.10 Å². The molecule has 4 nitrogen and oxygen atoms in total. The number of nitrogens with one attached hydrogen (secondary N) is 1. The molecule has 0 aromatic heterocycles. The van der Waals surface area contributed by atoms with Crippen molar-refractivity contribution >= 4 is 11.7 Å². The SMILES string of the molecule is C[C@@H](CC(=N)C(=O)O)C(O)CC1CC1. The van der Waals surface area contributed by atoms with Crippen LogP contribution in [0.2, 0.25) is 0 Å². The molecular formula is C10H17NO3. The highest BCUT2D eigenvalue weighted by molar-refractivity contribution is 6.34. The van der Waals surface area contributed by atoms with E-state index in [1.807, 2.05) is 0 Å². The third kappa shape index (κ3) is 3.46. The van der Waals surface area contributed by atoms with E-state index in [0.717, 1.165) is 6.42 Å². The highest BCUT2D eigenvalue weighted by Gasteiger charge is 2.28. The van der Waals surface area contributed by atoms with Crippen LogP contribution in [0.25, 0.3) is 0 Å². The molecule has 0 radical (unpaired) electrons. The molecule has 14 heavy (non-hydrogen) atoms. The van der Waals surface area contributed by atoms with Crippen LogP contribution in [0.3, 0.4) is 0 Å². The number of rotatable bonds is 6. The summed E-state index contributed by atoms with van der Waals surface area (Å²) in [7, 11) is 0. The molecule has 1 unspecified atom stereocenters. The van der Waals surface area contributed by atoms with Crippen molar-refractivity contribution in [2.75, 3.05) is 0 Å². The van der Waals surface area contributed by atoms with Crippen molar-refractivity contribution in [1.82, 2.24) is 0 Å². The fraction of sp³-hybridized carbons (Fsp3) is 0.800. The van der Waals surface area contributed by atoms with Gasteiger partial charge in [-0.25, -0.2) is 4.79 Å². The number of carboxylic acid groups (broad SMARTS) is 1. The van der Waals surface area contributed by atoms with Gasteiger partial charge in [-0.05, 0) is 18.3 Å². The normalized spacial score (nSPS) is 20.1. The predicted molar refractivity (Wildman–Crippen MR) is 52.5 cm³/mol. The number of hydrogen-bond donors (Lipinski definition) is 3. The number of hydrogen-bond acceptors (Lipinski definition) is 3. The molecule has 0 saturated heterocycles. The lowest BCUT2D eigenvalue weighted by molar-refractivity contribution is -0.129. The molecule has 1 saturated carbocycles. The molecule has 1 rings (SSSR count). The highest BCUT2D eigenvalue weighted by atomic mass is 16.4. The van der Waals surface area contributed by atoms with E-state index >= 15 is 0 Å². The Morgan fingerprint density at radius 3 is 2.57 bits per heavy atom. The summed E-state index contributed by atoms with van der Waals surface area (Å²) < 4.78 is 0. The van der Waals surface area contributed by atoms with Crippen LogP contribution >= 0.6 is 0 Å². The monoisotopic (exact) mass is 199 g/mol. The van der Waals surface area contributed by atoms with Crippen molar-refractivity contribution in [2.45, 2.75) is 38.7 Å². The molecule has 1 aliphatic carbocycles. The first kappa shape index (κ1) is 11.2.